The van der Waals surface area contributed by atoms with Crippen molar-refractivity contribution >= 4 is 23.9 Å². The number of rotatable bonds is 6. The van der Waals surface area contributed by atoms with Crippen LogP contribution < -0.4 is 10.6 Å². The Labute approximate surface area is 167 Å². The van der Waals surface area contributed by atoms with Gasteiger partial charge in [0.15, 0.2) is 0 Å². The summed E-state index contributed by atoms with van der Waals surface area (Å²) in [4.78, 5) is 48.8. The predicted octanol–water partition coefficient (Wildman–Crippen LogP) is 1.22. The summed E-state index contributed by atoms with van der Waals surface area (Å²) in [5, 5.41) is 5.13. The molecule has 29 heavy (non-hydrogen) atoms. The minimum Gasteiger partial charge on any atom is -0.463 e. The molecule has 0 spiro atoms. The molecule has 0 saturated carbocycles. The summed E-state index contributed by atoms with van der Waals surface area (Å²) >= 11 is 0. The first-order chi connectivity index (χ1) is 13.9. The highest BCUT2D eigenvalue weighted by Gasteiger charge is 2.35. The van der Waals surface area contributed by atoms with Gasteiger partial charge in [0.25, 0.3) is 0 Å². The van der Waals surface area contributed by atoms with E-state index in [0.29, 0.717) is 17.5 Å². The summed E-state index contributed by atoms with van der Waals surface area (Å²) in [5.74, 6) is -1.96. The Balaban J connectivity index is 1.74. The van der Waals surface area contributed by atoms with Crippen LogP contribution in [0.3, 0.4) is 0 Å². The summed E-state index contributed by atoms with van der Waals surface area (Å²) in [6.07, 6.45) is -0.449. The number of carbonyl (C=O) groups is 4. The molecule has 154 valence electrons. The molecule has 3 rings (SSSR count). The molecule has 0 fully saturated rings. The van der Waals surface area contributed by atoms with E-state index in [1.807, 2.05) is 0 Å². The first-order valence-electron chi connectivity index (χ1n) is 9.37. The first kappa shape index (κ1) is 20.4. The van der Waals surface area contributed by atoms with Gasteiger partial charge in [0.05, 0.1) is 29.5 Å². The van der Waals surface area contributed by atoms with Gasteiger partial charge in [-0.05, 0) is 25.0 Å². The van der Waals surface area contributed by atoms with Crippen LogP contribution in [0, 0.1) is 0 Å². The Bertz CT molecular complexity index is 877. The first-order valence-corrected chi connectivity index (χ1v) is 9.37. The molecule has 1 aromatic carbocycles. The van der Waals surface area contributed by atoms with Crippen molar-refractivity contribution in [2.24, 2.45) is 0 Å². The van der Waals surface area contributed by atoms with Crippen LogP contribution in [0.1, 0.15) is 36.2 Å². The molecule has 0 saturated heterocycles. The third-order valence-corrected chi connectivity index (χ3v) is 4.66. The van der Waals surface area contributed by atoms with Gasteiger partial charge in [-0.2, -0.15) is 0 Å². The minimum absolute atomic E-state index is 0.148. The van der Waals surface area contributed by atoms with Gasteiger partial charge in [0, 0.05) is 6.42 Å². The fraction of sp³-hybridized carbons (Fsp3) is 0.400. The van der Waals surface area contributed by atoms with Gasteiger partial charge in [0.1, 0.15) is 6.61 Å². The van der Waals surface area contributed by atoms with Crippen LogP contribution >= 0.6 is 0 Å². The lowest BCUT2D eigenvalue weighted by atomic mass is 9.98. The van der Waals surface area contributed by atoms with Crippen LogP contribution in [-0.2, 0) is 30.2 Å². The smallest absolute Gasteiger partial charge is 0.348 e. The van der Waals surface area contributed by atoms with Crippen molar-refractivity contribution in [3.05, 3.63) is 46.7 Å². The lowest BCUT2D eigenvalue weighted by Crippen LogP contribution is -2.51. The predicted molar refractivity (Wildman–Crippen MR) is 99.7 cm³/mol. The molecule has 2 aliphatic heterocycles. The average molecular weight is 402 g/mol. The van der Waals surface area contributed by atoms with Crippen molar-refractivity contribution in [1.82, 2.24) is 10.6 Å². The number of ether oxygens (including phenoxy) is 3. The number of nitrogens with one attached hydrogen (secondary N) is 2. The Morgan fingerprint density at radius 1 is 1.17 bits per heavy atom. The van der Waals surface area contributed by atoms with E-state index in [9.17, 15) is 19.2 Å². The van der Waals surface area contributed by atoms with Gasteiger partial charge in [0.2, 0.25) is 6.10 Å². The van der Waals surface area contributed by atoms with E-state index >= 15 is 0 Å². The molecule has 2 aliphatic rings. The van der Waals surface area contributed by atoms with E-state index in [2.05, 4.69) is 10.6 Å². The highest BCUT2D eigenvalue weighted by molar-refractivity contribution is 5.96. The van der Waals surface area contributed by atoms with E-state index in [4.69, 9.17) is 14.2 Å². The van der Waals surface area contributed by atoms with Crippen LogP contribution in [0.25, 0.3) is 0 Å². The molecule has 2 heterocycles. The van der Waals surface area contributed by atoms with Crippen molar-refractivity contribution in [2.75, 3.05) is 13.2 Å². The van der Waals surface area contributed by atoms with Crippen LogP contribution in [-0.4, -0.2) is 49.3 Å². The van der Waals surface area contributed by atoms with Gasteiger partial charge >= 0.3 is 23.9 Å². The molecule has 0 bridgehead atoms. The third kappa shape index (κ3) is 4.39. The second kappa shape index (κ2) is 8.76. The molecule has 2 amide bonds. The number of hydrogen-bond donors (Lipinski definition) is 2. The number of benzene rings is 1. The molecule has 9 heteroatoms. The third-order valence-electron chi connectivity index (χ3n) is 4.66. The number of carbonyl (C=O) groups excluding carboxylic acids is 4. The molecule has 1 aromatic rings. The summed E-state index contributed by atoms with van der Waals surface area (Å²) in [5.41, 5.74) is 1.46. The minimum atomic E-state index is -1.09. The standard InChI is InChI=1S/C20H22N2O7/c1-3-13-16(19(25)27-4-2)14(22-20(26)21-13)10-28-18(24)15-9-11-7-5-6-8-12(11)17(23)29-15/h5-8,13,15H,3-4,9-10H2,1-2H3,(H2,21,22,26)/t13-,15-/m1/s1. The van der Waals surface area contributed by atoms with Crippen molar-refractivity contribution in [3.63, 3.8) is 0 Å². The van der Waals surface area contributed by atoms with Crippen LogP contribution in [0.2, 0.25) is 0 Å². The normalized spacial score (nSPS) is 20.8. The molecule has 2 N–H and O–H groups in total. The average Bonchev–Trinajstić information content (AvgIpc) is 2.71. The SMILES string of the molecule is CCOC(=O)C1=C(COC(=O)[C@H]2Cc3ccccc3C(=O)O2)NC(=O)N[C@@H]1CC. The zero-order chi connectivity index (χ0) is 21.0. The van der Waals surface area contributed by atoms with E-state index in [0.717, 1.165) is 0 Å². The van der Waals surface area contributed by atoms with Crippen molar-refractivity contribution in [1.29, 1.82) is 0 Å². The van der Waals surface area contributed by atoms with Crippen LogP contribution in [0.4, 0.5) is 4.79 Å². The van der Waals surface area contributed by atoms with Crippen molar-refractivity contribution in [3.8, 4) is 0 Å². The summed E-state index contributed by atoms with van der Waals surface area (Å²) < 4.78 is 15.5. The van der Waals surface area contributed by atoms with E-state index in [1.165, 1.54) is 0 Å². The molecule has 0 unspecified atom stereocenters. The Morgan fingerprint density at radius 2 is 1.93 bits per heavy atom. The molecule has 9 nitrogen and oxygen atoms in total. The highest BCUT2D eigenvalue weighted by Crippen LogP contribution is 2.22. The Morgan fingerprint density at radius 3 is 2.66 bits per heavy atom. The molecular weight excluding hydrogens is 380 g/mol. The lowest BCUT2D eigenvalue weighted by Gasteiger charge is -2.28. The van der Waals surface area contributed by atoms with E-state index in [1.54, 1.807) is 38.1 Å². The number of fused-ring (bicyclic) bond motifs is 1. The molecule has 0 radical (unpaired) electrons. The number of amides is 2. The molecule has 0 aromatic heterocycles. The maximum atomic E-state index is 12.5. The maximum absolute atomic E-state index is 12.5. The summed E-state index contributed by atoms with van der Waals surface area (Å²) in [7, 11) is 0. The summed E-state index contributed by atoms with van der Waals surface area (Å²) in [6, 6.07) is 5.80. The Kier molecular flexibility index (Phi) is 6.16. The molecule has 0 aliphatic carbocycles. The van der Waals surface area contributed by atoms with Gasteiger partial charge < -0.3 is 24.8 Å². The molecular formula is C20H22N2O7. The second-order valence-corrected chi connectivity index (χ2v) is 6.53. The van der Waals surface area contributed by atoms with Crippen LogP contribution in [0.5, 0.6) is 0 Å². The number of urea groups is 1. The zero-order valence-electron chi connectivity index (χ0n) is 16.2. The highest BCUT2D eigenvalue weighted by atomic mass is 16.6. The largest absolute Gasteiger partial charge is 0.463 e. The monoisotopic (exact) mass is 402 g/mol. The quantitative estimate of drug-likeness (QED) is 0.542. The number of hydrogen-bond acceptors (Lipinski definition) is 7. The second-order valence-electron chi connectivity index (χ2n) is 6.53. The van der Waals surface area contributed by atoms with Gasteiger partial charge in [-0.3, -0.25) is 0 Å². The van der Waals surface area contributed by atoms with Crippen molar-refractivity contribution in [2.45, 2.75) is 38.8 Å². The van der Waals surface area contributed by atoms with E-state index in [-0.39, 0.29) is 30.9 Å². The lowest BCUT2D eigenvalue weighted by molar-refractivity contribution is -0.153. The summed E-state index contributed by atoms with van der Waals surface area (Å²) in [6.45, 7) is 3.28. The van der Waals surface area contributed by atoms with Gasteiger partial charge in [-0.25, -0.2) is 19.2 Å². The Hall–Kier alpha value is -3.36. The topological polar surface area (TPSA) is 120 Å². The fourth-order valence-electron chi connectivity index (χ4n) is 3.27. The number of cyclic esters (lactones) is 1. The van der Waals surface area contributed by atoms with Crippen molar-refractivity contribution < 1.29 is 33.4 Å². The van der Waals surface area contributed by atoms with Gasteiger partial charge in [-0.1, -0.05) is 25.1 Å². The zero-order valence-corrected chi connectivity index (χ0v) is 16.2. The molecule has 2 atom stereocenters. The number of esters is 3. The van der Waals surface area contributed by atoms with E-state index < -0.39 is 36.1 Å². The maximum Gasteiger partial charge on any atom is 0.348 e. The fourth-order valence-corrected chi connectivity index (χ4v) is 3.27. The van der Waals surface area contributed by atoms with Crippen LogP contribution in [0.15, 0.2) is 35.5 Å². The van der Waals surface area contributed by atoms with Gasteiger partial charge in [-0.15, -0.1) is 0 Å².